The van der Waals surface area contributed by atoms with E-state index in [1.807, 2.05) is 0 Å². The molecule has 1 fully saturated rings. The molecule has 0 N–H and O–H groups in total. The van der Waals surface area contributed by atoms with E-state index in [1.165, 1.54) is 32.4 Å². The third-order valence-electron chi connectivity index (χ3n) is 3.55. The van der Waals surface area contributed by atoms with Gasteiger partial charge in [-0.15, -0.1) is 0 Å². The Morgan fingerprint density at radius 2 is 2.31 bits per heavy atom. The van der Waals surface area contributed by atoms with Gasteiger partial charge < -0.3 is 4.90 Å². The maximum absolute atomic E-state index is 2.61. The van der Waals surface area contributed by atoms with Crippen LogP contribution in [0, 0.1) is 0 Å². The lowest BCUT2D eigenvalue weighted by Crippen LogP contribution is -2.31. The SMILES string of the molecule is CN1CCN2C3=C(C=CCC3)CC12. The first-order valence-corrected chi connectivity index (χ1v) is 5.22. The molecule has 0 bridgehead atoms. The van der Waals surface area contributed by atoms with Gasteiger partial charge in [-0.1, -0.05) is 12.2 Å². The third-order valence-corrected chi connectivity index (χ3v) is 3.55. The molecule has 0 amide bonds. The molecule has 3 aliphatic rings. The zero-order valence-electron chi connectivity index (χ0n) is 8.16. The molecule has 0 aromatic rings. The second kappa shape index (κ2) is 2.61. The topological polar surface area (TPSA) is 6.48 Å². The van der Waals surface area contributed by atoms with E-state index in [0.29, 0.717) is 6.17 Å². The van der Waals surface area contributed by atoms with E-state index in [0.717, 1.165) is 0 Å². The van der Waals surface area contributed by atoms with Crippen LogP contribution in [-0.2, 0) is 0 Å². The quantitative estimate of drug-likeness (QED) is 0.553. The van der Waals surface area contributed by atoms with Gasteiger partial charge in [0, 0.05) is 25.2 Å². The zero-order chi connectivity index (χ0) is 8.84. The van der Waals surface area contributed by atoms with Crippen molar-refractivity contribution in [3.05, 3.63) is 23.4 Å². The molecule has 1 aliphatic carbocycles. The van der Waals surface area contributed by atoms with Crippen LogP contribution in [0.3, 0.4) is 0 Å². The lowest BCUT2D eigenvalue weighted by atomic mass is 10.0. The van der Waals surface area contributed by atoms with Crippen molar-refractivity contribution in [1.82, 2.24) is 9.80 Å². The fourth-order valence-electron chi connectivity index (χ4n) is 2.80. The van der Waals surface area contributed by atoms with Crippen molar-refractivity contribution >= 4 is 0 Å². The van der Waals surface area contributed by atoms with E-state index in [4.69, 9.17) is 0 Å². The molecule has 70 valence electrons. The summed E-state index contributed by atoms with van der Waals surface area (Å²) in [5.41, 5.74) is 3.24. The maximum atomic E-state index is 2.61. The molecule has 0 aromatic carbocycles. The highest BCUT2D eigenvalue weighted by molar-refractivity contribution is 5.34. The minimum atomic E-state index is 0.688. The molecule has 0 aromatic heterocycles. The molecule has 2 nitrogen and oxygen atoms in total. The Labute approximate surface area is 79.5 Å². The summed E-state index contributed by atoms with van der Waals surface area (Å²) in [5, 5.41) is 0. The zero-order valence-corrected chi connectivity index (χ0v) is 8.16. The molecule has 2 heteroatoms. The number of nitrogens with zero attached hydrogens (tertiary/aromatic N) is 2. The van der Waals surface area contributed by atoms with E-state index >= 15 is 0 Å². The highest BCUT2D eigenvalue weighted by Crippen LogP contribution is 2.38. The smallest absolute Gasteiger partial charge is 0.0857 e. The number of hydrogen-bond acceptors (Lipinski definition) is 2. The van der Waals surface area contributed by atoms with Crippen LogP contribution >= 0.6 is 0 Å². The predicted octanol–water partition coefficient (Wildman–Crippen LogP) is 1.57. The first-order chi connectivity index (χ1) is 6.36. The number of hydrogen-bond donors (Lipinski definition) is 0. The van der Waals surface area contributed by atoms with Crippen LogP contribution in [0.4, 0.5) is 0 Å². The summed E-state index contributed by atoms with van der Waals surface area (Å²) in [6.07, 6.45) is 9.11. The van der Waals surface area contributed by atoms with Gasteiger partial charge in [-0.2, -0.15) is 0 Å². The Morgan fingerprint density at radius 3 is 3.23 bits per heavy atom. The van der Waals surface area contributed by atoms with Gasteiger partial charge in [0.05, 0.1) is 6.17 Å². The fourth-order valence-corrected chi connectivity index (χ4v) is 2.80. The summed E-state index contributed by atoms with van der Waals surface area (Å²) in [5.74, 6) is 0. The Kier molecular flexibility index (Phi) is 1.53. The Hall–Kier alpha value is -0.760. The van der Waals surface area contributed by atoms with Crippen LogP contribution in [0.1, 0.15) is 19.3 Å². The van der Waals surface area contributed by atoms with E-state index in [9.17, 15) is 0 Å². The predicted molar refractivity (Wildman–Crippen MR) is 53.1 cm³/mol. The lowest BCUT2D eigenvalue weighted by molar-refractivity contribution is 0.212. The van der Waals surface area contributed by atoms with Crippen molar-refractivity contribution in [2.24, 2.45) is 0 Å². The number of rotatable bonds is 0. The van der Waals surface area contributed by atoms with Gasteiger partial charge >= 0.3 is 0 Å². The summed E-state index contributed by atoms with van der Waals surface area (Å²) >= 11 is 0. The van der Waals surface area contributed by atoms with Gasteiger partial charge in [0.15, 0.2) is 0 Å². The average molecular weight is 176 g/mol. The van der Waals surface area contributed by atoms with Crippen molar-refractivity contribution < 1.29 is 0 Å². The first kappa shape index (κ1) is 7.63. The summed E-state index contributed by atoms with van der Waals surface area (Å²) in [6, 6.07) is 0. The molecular weight excluding hydrogens is 160 g/mol. The molecule has 13 heavy (non-hydrogen) atoms. The summed E-state index contributed by atoms with van der Waals surface area (Å²) in [6.45, 7) is 2.49. The van der Waals surface area contributed by atoms with Crippen LogP contribution < -0.4 is 0 Å². The number of fused-ring (bicyclic) bond motifs is 2. The normalized spacial score (nSPS) is 32.7. The second-order valence-corrected chi connectivity index (χ2v) is 4.27. The molecule has 2 heterocycles. The third kappa shape index (κ3) is 0.983. The fraction of sp³-hybridized carbons (Fsp3) is 0.636. The lowest BCUT2D eigenvalue weighted by Gasteiger charge is -2.24. The van der Waals surface area contributed by atoms with Crippen molar-refractivity contribution in [1.29, 1.82) is 0 Å². The van der Waals surface area contributed by atoms with Crippen molar-refractivity contribution in [2.45, 2.75) is 25.4 Å². The summed E-state index contributed by atoms with van der Waals surface area (Å²) in [4.78, 5) is 5.09. The molecule has 3 rings (SSSR count). The highest BCUT2D eigenvalue weighted by atomic mass is 15.4. The number of likely N-dealkylation sites (N-methyl/N-ethyl adjacent to an activating group) is 1. The molecular formula is C11H16N2. The van der Waals surface area contributed by atoms with E-state index in [-0.39, 0.29) is 0 Å². The summed E-state index contributed by atoms with van der Waals surface area (Å²) in [7, 11) is 2.24. The van der Waals surface area contributed by atoms with Crippen LogP contribution in [-0.4, -0.2) is 36.1 Å². The van der Waals surface area contributed by atoms with Gasteiger partial charge in [-0.3, -0.25) is 4.90 Å². The first-order valence-electron chi connectivity index (χ1n) is 5.22. The van der Waals surface area contributed by atoms with Gasteiger partial charge in [-0.25, -0.2) is 0 Å². The second-order valence-electron chi connectivity index (χ2n) is 4.27. The van der Waals surface area contributed by atoms with Gasteiger partial charge in [0.1, 0.15) is 0 Å². The average Bonchev–Trinajstić information content (AvgIpc) is 2.67. The standard InChI is InChI=1S/C11H16N2/c1-12-6-7-13-10-5-3-2-4-9(10)8-11(12)13/h2,4,11H,3,5-8H2,1H3. The minimum Gasteiger partial charge on any atom is -0.357 e. The Balaban J connectivity index is 1.93. The summed E-state index contributed by atoms with van der Waals surface area (Å²) < 4.78 is 0. The largest absolute Gasteiger partial charge is 0.357 e. The minimum absolute atomic E-state index is 0.688. The van der Waals surface area contributed by atoms with Crippen LogP contribution in [0.2, 0.25) is 0 Å². The monoisotopic (exact) mass is 176 g/mol. The van der Waals surface area contributed by atoms with E-state index in [1.54, 1.807) is 11.3 Å². The Morgan fingerprint density at radius 1 is 1.38 bits per heavy atom. The van der Waals surface area contributed by atoms with Gasteiger partial charge in [0.25, 0.3) is 0 Å². The highest BCUT2D eigenvalue weighted by Gasteiger charge is 2.37. The molecule has 1 atom stereocenters. The van der Waals surface area contributed by atoms with Gasteiger partial charge in [-0.05, 0) is 25.5 Å². The molecule has 0 radical (unpaired) electrons. The molecule has 2 aliphatic heterocycles. The van der Waals surface area contributed by atoms with Crippen LogP contribution in [0.15, 0.2) is 23.4 Å². The van der Waals surface area contributed by atoms with Crippen molar-refractivity contribution in [2.75, 3.05) is 20.1 Å². The maximum Gasteiger partial charge on any atom is 0.0857 e. The van der Waals surface area contributed by atoms with Crippen LogP contribution in [0.25, 0.3) is 0 Å². The van der Waals surface area contributed by atoms with E-state index < -0.39 is 0 Å². The molecule has 1 saturated heterocycles. The molecule has 1 unspecified atom stereocenters. The van der Waals surface area contributed by atoms with Crippen LogP contribution in [0.5, 0.6) is 0 Å². The van der Waals surface area contributed by atoms with E-state index in [2.05, 4.69) is 29.0 Å². The Bertz CT molecular complexity index is 290. The number of allylic oxidation sites excluding steroid dienone is 3. The van der Waals surface area contributed by atoms with Gasteiger partial charge in [0.2, 0.25) is 0 Å². The molecule has 0 saturated carbocycles. The van der Waals surface area contributed by atoms with Crippen molar-refractivity contribution in [3.8, 4) is 0 Å². The van der Waals surface area contributed by atoms with Crippen molar-refractivity contribution in [3.63, 3.8) is 0 Å². The molecule has 0 spiro atoms.